The second-order valence-corrected chi connectivity index (χ2v) is 7.49. The minimum absolute atomic E-state index is 0.0393. The molecule has 1 saturated carbocycles. The van der Waals surface area contributed by atoms with Crippen LogP contribution >= 0.6 is 22.9 Å². The summed E-state index contributed by atoms with van der Waals surface area (Å²) in [6.45, 7) is 3.02. The van der Waals surface area contributed by atoms with Gasteiger partial charge in [-0.05, 0) is 60.4 Å². The second kappa shape index (κ2) is 7.47. The van der Waals surface area contributed by atoms with Gasteiger partial charge in [-0.15, -0.1) is 11.3 Å². The first-order chi connectivity index (χ1) is 11.1. The van der Waals surface area contributed by atoms with Crippen molar-refractivity contribution in [1.82, 2.24) is 10.6 Å². The van der Waals surface area contributed by atoms with E-state index in [0.29, 0.717) is 19.0 Å². The van der Waals surface area contributed by atoms with Crippen LogP contribution < -0.4 is 10.6 Å². The van der Waals surface area contributed by atoms with E-state index in [4.69, 9.17) is 11.6 Å². The minimum Gasteiger partial charge on any atom is -0.350 e. The molecule has 1 heterocycles. The lowest BCUT2D eigenvalue weighted by Crippen LogP contribution is -2.36. The third-order valence-corrected chi connectivity index (χ3v) is 5.49. The zero-order valence-corrected chi connectivity index (χ0v) is 14.7. The third kappa shape index (κ3) is 4.56. The Hall–Kier alpha value is -1.36. The molecule has 0 bridgehead atoms. The van der Waals surface area contributed by atoms with Gasteiger partial charge in [0.2, 0.25) is 5.91 Å². The van der Waals surface area contributed by atoms with E-state index in [2.05, 4.69) is 29.0 Å². The molecule has 1 aromatic heterocycles. The predicted molar refractivity (Wildman–Crippen MR) is 95.8 cm³/mol. The highest BCUT2D eigenvalue weighted by atomic mass is 35.5. The molecule has 0 saturated heterocycles. The lowest BCUT2D eigenvalue weighted by Gasteiger charge is -2.18. The van der Waals surface area contributed by atoms with Crippen molar-refractivity contribution in [3.63, 3.8) is 0 Å². The fourth-order valence-corrected chi connectivity index (χ4v) is 3.66. The van der Waals surface area contributed by atoms with Crippen molar-refractivity contribution in [3.8, 4) is 0 Å². The average Bonchev–Trinajstić information content (AvgIpc) is 3.29. The average molecular weight is 349 g/mol. The highest BCUT2D eigenvalue weighted by Gasteiger charge is 2.32. The summed E-state index contributed by atoms with van der Waals surface area (Å²) >= 11 is 7.64. The molecule has 1 aromatic carbocycles. The van der Waals surface area contributed by atoms with Gasteiger partial charge in [0.1, 0.15) is 0 Å². The number of nitrogens with one attached hydrogen (secondary N) is 2. The van der Waals surface area contributed by atoms with Gasteiger partial charge in [-0.3, -0.25) is 4.79 Å². The second-order valence-electron chi connectivity index (χ2n) is 6.05. The molecule has 1 aliphatic carbocycles. The number of halogens is 1. The molecule has 122 valence electrons. The fourth-order valence-electron chi connectivity index (χ4n) is 2.69. The van der Waals surface area contributed by atoms with Gasteiger partial charge < -0.3 is 10.6 Å². The normalized spacial score (nSPS) is 15.4. The number of rotatable bonds is 7. The molecule has 23 heavy (non-hydrogen) atoms. The minimum atomic E-state index is 0.0393. The van der Waals surface area contributed by atoms with Crippen molar-refractivity contribution in [2.45, 2.75) is 32.4 Å². The Kier molecular flexibility index (Phi) is 5.36. The number of carbonyl (C=O) groups is 1. The van der Waals surface area contributed by atoms with Gasteiger partial charge in [0.25, 0.3) is 0 Å². The summed E-state index contributed by atoms with van der Waals surface area (Å²) in [5.41, 5.74) is 2.44. The summed E-state index contributed by atoms with van der Waals surface area (Å²) in [6.07, 6.45) is 2.44. The SMILES string of the molecule is Cc1ccsc1CNC(=O)CNC(c1ccc(Cl)cc1)C1CC1. The van der Waals surface area contributed by atoms with Crippen LogP contribution in [0, 0.1) is 12.8 Å². The van der Waals surface area contributed by atoms with Crippen LogP contribution in [-0.4, -0.2) is 12.5 Å². The zero-order chi connectivity index (χ0) is 16.2. The molecule has 3 rings (SSSR count). The number of aryl methyl sites for hydroxylation is 1. The van der Waals surface area contributed by atoms with Crippen molar-refractivity contribution in [1.29, 1.82) is 0 Å². The summed E-state index contributed by atoms with van der Waals surface area (Å²) < 4.78 is 0. The number of thiophene rings is 1. The third-order valence-electron chi connectivity index (χ3n) is 4.22. The molecule has 2 aromatic rings. The Bertz CT molecular complexity index is 664. The van der Waals surface area contributed by atoms with Crippen LogP contribution in [0.1, 0.15) is 34.9 Å². The van der Waals surface area contributed by atoms with Crippen molar-refractivity contribution < 1.29 is 4.79 Å². The number of hydrogen-bond donors (Lipinski definition) is 2. The molecule has 1 unspecified atom stereocenters. The van der Waals surface area contributed by atoms with Crippen LogP contribution in [0.2, 0.25) is 5.02 Å². The van der Waals surface area contributed by atoms with E-state index >= 15 is 0 Å². The smallest absolute Gasteiger partial charge is 0.234 e. The highest BCUT2D eigenvalue weighted by Crippen LogP contribution is 2.41. The monoisotopic (exact) mass is 348 g/mol. The Morgan fingerprint density at radius 2 is 2.04 bits per heavy atom. The summed E-state index contributed by atoms with van der Waals surface area (Å²) in [5, 5.41) is 9.20. The summed E-state index contributed by atoms with van der Waals surface area (Å²) in [7, 11) is 0. The highest BCUT2D eigenvalue weighted by molar-refractivity contribution is 7.10. The summed E-state index contributed by atoms with van der Waals surface area (Å²) in [4.78, 5) is 13.3. The van der Waals surface area contributed by atoms with Crippen molar-refractivity contribution in [2.75, 3.05) is 6.54 Å². The molecule has 2 N–H and O–H groups in total. The lowest BCUT2D eigenvalue weighted by atomic mass is 10.0. The lowest BCUT2D eigenvalue weighted by molar-refractivity contribution is -0.120. The van der Waals surface area contributed by atoms with Gasteiger partial charge in [-0.2, -0.15) is 0 Å². The molecule has 1 aliphatic rings. The molecule has 0 radical (unpaired) electrons. The van der Waals surface area contributed by atoms with E-state index in [1.54, 1.807) is 11.3 Å². The number of amides is 1. The van der Waals surface area contributed by atoms with E-state index in [1.165, 1.54) is 28.8 Å². The molecule has 0 aliphatic heterocycles. The molecular weight excluding hydrogens is 328 g/mol. The Morgan fingerprint density at radius 3 is 2.65 bits per heavy atom. The van der Waals surface area contributed by atoms with E-state index in [0.717, 1.165) is 5.02 Å². The van der Waals surface area contributed by atoms with E-state index < -0.39 is 0 Å². The fraction of sp³-hybridized carbons (Fsp3) is 0.389. The first kappa shape index (κ1) is 16.5. The Balaban J connectivity index is 1.51. The molecule has 1 fully saturated rings. The van der Waals surface area contributed by atoms with E-state index in [1.807, 2.05) is 24.3 Å². The Morgan fingerprint density at radius 1 is 1.30 bits per heavy atom. The topological polar surface area (TPSA) is 41.1 Å². The van der Waals surface area contributed by atoms with Gasteiger partial charge in [0.15, 0.2) is 0 Å². The van der Waals surface area contributed by atoms with Crippen molar-refractivity contribution in [3.05, 3.63) is 56.7 Å². The first-order valence-corrected chi connectivity index (χ1v) is 9.18. The van der Waals surface area contributed by atoms with Crippen molar-refractivity contribution >= 4 is 28.8 Å². The van der Waals surface area contributed by atoms with Crippen molar-refractivity contribution in [2.24, 2.45) is 5.92 Å². The van der Waals surface area contributed by atoms with Gasteiger partial charge in [0, 0.05) is 15.9 Å². The van der Waals surface area contributed by atoms with Gasteiger partial charge in [0.05, 0.1) is 13.1 Å². The first-order valence-electron chi connectivity index (χ1n) is 7.92. The maximum atomic E-state index is 12.1. The standard InChI is InChI=1S/C18H21ClN2OS/c1-12-8-9-23-16(12)10-20-17(22)11-21-18(13-2-3-13)14-4-6-15(19)7-5-14/h4-9,13,18,21H,2-3,10-11H2,1H3,(H,20,22). The molecule has 5 heteroatoms. The molecular formula is C18H21ClN2OS. The van der Waals surface area contributed by atoms with Crippen LogP contribution in [0.5, 0.6) is 0 Å². The van der Waals surface area contributed by atoms with Crippen LogP contribution in [-0.2, 0) is 11.3 Å². The quantitative estimate of drug-likeness (QED) is 0.792. The number of hydrogen-bond acceptors (Lipinski definition) is 3. The van der Waals surface area contributed by atoms with Gasteiger partial charge in [-0.1, -0.05) is 23.7 Å². The maximum absolute atomic E-state index is 12.1. The predicted octanol–water partition coefficient (Wildman–Crippen LogP) is 4.07. The summed E-state index contributed by atoms with van der Waals surface area (Å²) in [6, 6.07) is 10.2. The number of carbonyl (C=O) groups excluding carboxylic acids is 1. The van der Waals surface area contributed by atoms with Gasteiger partial charge >= 0.3 is 0 Å². The molecule has 0 spiro atoms. The van der Waals surface area contributed by atoms with Crippen LogP contribution in [0.4, 0.5) is 0 Å². The van der Waals surface area contributed by atoms with Crippen LogP contribution in [0.3, 0.4) is 0 Å². The number of benzene rings is 1. The summed E-state index contributed by atoms with van der Waals surface area (Å²) in [5.74, 6) is 0.668. The molecule has 3 nitrogen and oxygen atoms in total. The zero-order valence-electron chi connectivity index (χ0n) is 13.1. The van der Waals surface area contributed by atoms with E-state index in [9.17, 15) is 4.79 Å². The van der Waals surface area contributed by atoms with Gasteiger partial charge in [-0.25, -0.2) is 0 Å². The Labute approximate surface area is 146 Å². The molecule has 1 atom stereocenters. The largest absolute Gasteiger partial charge is 0.350 e. The van der Waals surface area contributed by atoms with Crippen LogP contribution in [0.15, 0.2) is 35.7 Å². The molecule has 1 amide bonds. The maximum Gasteiger partial charge on any atom is 0.234 e. The van der Waals surface area contributed by atoms with E-state index in [-0.39, 0.29) is 11.9 Å². The van der Waals surface area contributed by atoms with Crippen LogP contribution in [0.25, 0.3) is 0 Å².